The molecule has 0 aromatic carbocycles. The Kier molecular flexibility index (Phi) is 9.05. The molecule has 4 nitrogen and oxygen atoms in total. The lowest BCUT2D eigenvalue weighted by molar-refractivity contribution is -0.137. The molecule has 1 rings (SSSR count). The van der Waals surface area contributed by atoms with Gasteiger partial charge in [-0.2, -0.15) is 0 Å². The van der Waals surface area contributed by atoms with E-state index in [1.165, 1.54) is 0 Å². The fourth-order valence-corrected chi connectivity index (χ4v) is 3.12. The highest BCUT2D eigenvalue weighted by molar-refractivity contribution is 5.83. The molecule has 0 saturated heterocycles. The van der Waals surface area contributed by atoms with Crippen molar-refractivity contribution in [2.75, 3.05) is 0 Å². The summed E-state index contributed by atoms with van der Waals surface area (Å²) in [5, 5.41) is 18.2. The van der Waals surface area contributed by atoms with Crippen LogP contribution in [-0.2, 0) is 9.59 Å². The molecule has 4 heteroatoms. The van der Waals surface area contributed by atoms with E-state index in [1.807, 2.05) is 19.1 Å². The quantitative estimate of drug-likeness (QED) is 0.450. The van der Waals surface area contributed by atoms with Crippen LogP contribution in [0.5, 0.6) is 0 Å². The topological polar surface area (TPSA) is 74.6 Å². The van der Waals surface area contributed by atoms with E-state index in [0.29, 0.717) is 24.5 Å². The fraction of sp³-hybridized carbons (Fsp3) is 0.778. The maximum absolute atomic E-state index is 12.0. The molecular weight excluding hydrogens is 280 g/mol. The number of ketones is 1. The molecule has 1 aliphatic carbocycles. The number of carboxylic acid groups (broad SMARTS) is 1. The Hall–Kier alpha value is -1.16. The van der Waals surface area contributed by atoms with E-state index in [-0.39, 0.29) is 12.3 Å². The molecule has 2 N–H and O–H groups in total. The molecule has 0 radical (unpaired) electrons. The van der Waals surface area contributed by atoms with Crippen LogP contribution < -0.4 is 0 Å². The van der Waals surface area contributed by atoms with Crippen molar-refractivity contribution in [3.05, 3.63) is 12.2 Å². The number of carbonyl (C=O) groups is 2. The van der Waals surface area contributed by atoms with E-state index in [2.05, 4.69) is 0 Å². The summed E-state index contributed by atoms with van der Waals surface area (Å²) in [6.07, 6.45) is 11.8. The van der Waals surface area contributed by atoms with Crippen LogP contribution in [0.4, 0.5) is 0 Å². The zero-order chi connectivity index (χ0) is 16.4. The summed E-state index contributed by atoms with van der Waals surface area (Å²) in [5.74, 6) is 0.0620. The zero-order valence-corrected chi connectivity index (χ0v) is 13.7. The lowest BCUT2D eigenvalue weighted by Crippen LogP contribution is -2.14. The number of aliphatic hydroxyl groups is 1. The van der Waals surface area contributed by atoms with Crippen LogP contribution in [0.1, 0.15) is 71.1 Å². The minimum atomic E-state index is -0.722. The average Bonchev–Trinajstić information content (AvgIpc) is 2.84. The number of aliphatic carboxylic acids is 1. The molecule has 1 saturated carbocycles. The number of hydrogen-bond donors (Lipinski definition) is 2. The van der Waals surface area contributed by atoms with E-state index in [9.17, 15) is 14.7 Å². The van der Waals surface area contributed by atoms with Crippen molar-refractivity contribution >= 4 is 11.8 Å². The maximum atomic E-state index is 12.0. The molecule has 0 spiro atoms. The molecule has 126 valence electrons. The second kappa shape index (κ2) is 10.5. The Bertz CT molecular complexity index is 375. The van der Waals surface area contributed by atoms with Crippen LogP contribution in [0.2, 0.25) is 0 Å². The predicted molar refractivity (Wildman–Crippen MR) is 86.6 cm³/mol. The molecule has 1 fully saturated rings. The van der Waals surface area contributed by atoms with E-state index in [4.69, 9.17) is 5.11 Å². The second-order valence-corrected chi connectivity index (χ2v) is 6.34. The Balaban J connectivity index is 2.22. The van der Waals surface area contributed by atoms with Gasteiger partial charge in [-0.25, -0.2) is 0 Å². The monoisotopic (exact) mass is 310 g/mol. The van der Waals surface area contributed by atoms with Crippen molar-refractivity contribution in [2.24, 2.45) is 11.8 Å². The first kappa shape index (κ1) is 18.9. The summed E-state index contributed by atoms with van der Waals surface area (Å²) < 4.78 is 0. The molecule has 22 heavy (non-hydrogen) atoms. The Morgan fingerprint density at radius 1 is 1.27 bits per heavy atom. The molecule has 0 bridgehead atoms. The van der Waals surface area contributed by atoms with Gasteiger partial charge in [0.1, 0.15) is 5.78 Å². The Labute approximate surface area is 133 Å². The number of carboxylic acids is 1. The number of rotatable bonds is 11. The van der Waals surface area contributed by atoms with Gasteiger partial charge in [0.15, 0.2) is 0 Å². The lowest BCUT2D eigenvalue weighted by Gasteiger charge is -2.15. The van der Waals surface area contributed by atoms with Gasteiger partial charge in [-0.15, -0.1) is 0 Å². The highest BCUT2D eigenvalue weighted by atomic mass is 16.4. The van der Waals surface area contributed by atoms with Gasteiger partial charge in [0.2, 0.25) is 0 Å². The highest BCUT2D eigenvalue weighted by Gasteiger charge is 2.32. The minimum Gasteiger partial charge on any atom is -0.481 e. The molecule has 2 unspecified atom stereocenters. The van der Waals surface area contributed by atoms with E-state index in [0.717, 1.165) is 44.9 Å². The molecule has 0 aromatic rings. The number of Topliss-reactive ketones (excluding diaryl/α,β-unsaturated/α-hetero) is 1. The summed E-state index contributed by atoms with van der Waals surface area (Å²) >= 11 is 0. The van der Waals surface area contributed by atoms with Crippen LogP contribution in [-0.4, -0.2) is 28.1 Å². The first-order valence-corrected chi connectivity index (χ1v) is 8.65. The van der Waals surface area contributed by atoms with Crippen molar-refractivity contribution in [1.82, 2.24) is 0 Å². The molecule has 0 aliphatic heterocycles. The lowest BCUT2D eigenvalue weighted by atomic mass is 9.89. The van der Waals surface area contributed by atoms with Gasteiger partial charge in [-0.1, -0.05) is 44.8 Å². The van der Waals surface area contributed by atoms with Gasteiger partial charge in [-0.3, -0.25) is 9.59 Å². The van der Waals surface area contributed by atoms with Crippen molar-refractivity contribution in [3.63, 3.8) is 0 Å². The number of carbonyl (C=O) groups excluding carboxylic acids is 1. The summed E-state index contributed by atoms with van der Waals surface area (Å²) in [6.45, 7) is 1.94. The van der Waals surface area contributed by atoms with E-state index >= 15 is 0 Å². The molecule has 0 amide bonds. The number of aliphatic hydroxyl groups excluding tert-OH is 1. The molecule has 1 aliphatic rings. The standard InChI is InChI=1S/C18H30O4/c1-2-15(19)12-10-14-11-13-17(20)16(14)8-6-4-3-5-7-9-18(21)22/h10,12,14-16,19H,2-9,11,13H2,1H3,(H,21,22)/b12-10+/t14?,15-,16?/m0/s1. The number of hydrogen-bond acceptors (Lipinski definition) is 3. The van der Waals surface area contributed by atoms with Crippen LogP contribution in [0, 0.1) is 11.8 Å². The third kappa shape index (κ3) is 7.21. The highest BCUT2D eigenvalue weighted by Crippen LogP contribution is 2.34. The van der Waals surface area contributed by atoms with Gasteiger partial charge in [0.05, 0.1) is 6.10 Å². The predicted octanol–water partition coefficient (Wildman–Crippen LogP) is 3.72. The van der Waals surface area contributed by atoms with Gasteiger partial charge < -0.3 is 10.2 Å². The van der Waals surface area contributed by atoms with Crippen molar-refractivity contribution < 1.29 is 19.8 Å². The second-order valence-electron chi connectivity index (χ2n) is 6.34. The van der Waals surface area contributed by atoms with E-state index in [1.54, 1.807) is 0 Å². The molecule has 0 heterocycles. The van der Waals surface area contributed by atoms with Gasteiger partial charge in [0, 0.05) is 18.8 Å². The zero-order valence-electron chi connectivity index (χ0n) is 13.7. The normalized spacial score (nSPS) is 23.3. The minimum absolute atomic E-state index is 0.124. The smallest absolute Gasteiger partial charge is 0.303 e. The first-order valence-electron chi connectivity index (χ1n) is 8.65. The van der Waals surface area contributed by atoms with Crippen molar-refractivity contribution in [1.29, 1.82) is 0 Å². The Morgan fingerprint density at radius 2 is 1.95 bits per heavy atom. The van der Waals surface area contributed by atoms with Crippen molar-refractivity contribution in [3.8, 4) is 0 Å². The molecule has 3 atom stereocenters. The van der Waals surface area contributed by atoms with E-state index < -0.39 is 12.1 Å². The van der Waals surface area contributed by atoms with Crippen LogP contribution in [0.25, 0.3) is 0 Å². The largest absolute Gasteiger partial charge is 0.481 e. The number of allylic oxidation sites excluding steroid dienone is 1. The van der Waals surface area contributed by atoms with Crippen molar-refractivity contribution in [2.45, 2.75) is 77.2 Å². The maximum Gasteiger partial charge on any atom is 0.303 e. The van der Waals surface area contributed by atoms with Crippen LogP contribution in [0.3, 0.4) is 0 Å². The first-order chi connectivity index (χ1) is 10.5. The van der Waals surface area contributed by atoms with Crippen LogP contribution >= 0.6 is 0 Å². The fourth-order valence-electron chi connectivity index (χ4n) is 3.12. The third-order valence-corrected chi connectivity index (χ3v) is 4.56. The number of unbranched alkanes of at least 4 members (excludes halogenated alkanes) is 4. The third-order valence-electron chi connectivity index (χ3n) is 4.56. The molecular formula is C18H30O4. The SMILES string of the molecule is CC[C@H](O)/C=C/C1CCC(=O)C1CCCCCCCC(=O)O. The summed E-state index contributed by atoms with van der Waals surface area (Å²) in [5.41, 5.74) is 0. The Morgan fingerprint density at radius 3 is 2.64 bits per heavy atom. The summed E-state index contributed by atoms with van der Waals surface area (Å²) in [6, 6.07) is 0. The summed E-state index contributed by atoms with van der Waals surface area (Å²) in [4.78, 5) is 22.4. The van der Waals surface area contributed by atoms with Gasteiger partial charge in [-0.05, 0) is 31.6 Å². The molecule has 0 aromatic heterocycles. The van der Waals surface area contributed by atoms with Gasteiger partial charge in [0.25, 0.3) is 0 Å². The van der Waals surface area contributed by atoms with Gasteiger partial charge >= 0.3 is 5.97 Å². The summed E-state index contributed by atoms with van der Waals surface area (Å²) in [7, 11) is 0. The van der Waals surface area contributed by atoms with Crippen LogP contribution in [0.15, 0.2) is 12.2 Å². The average molecular weight is 310 g/mol.